The highest BCUT2D eigenvalue weighted by atomic mass is 32.2. The third-order valence-corrected chi connectivity index (χ3v) is 8.24. The van der Waals surface area contributed by atoms with Crippen LogP contribution in [0.25, 0.3) is 0 Å². The second-order valence-corrected chi connectivity index (χ2v) is 10.6. The van der Waals surface area contributed by atoms with E-state index in [4.69, 9.17) is 17.0 Å². The molecule has 2 aliphatic rings. The molecule has 1 aromatic rings. The Kier molecular flexibility index (Phi) is 7.87. The summed E-state index contributed by atoms with van der Waals surface area (Å²) in [5.41, 5.74) is 2.89. The van der Waals surface area contributed by atoms with Gasteiger partial charge >= 0.3 is 6.03 Å². The minimum Gasteiger partial charge on any atom is -0.493 e. The van der Waals surface area contributed by atoms with Crippen LogP contribution in [0.2, 0.25) is 0 Å². The van der Waals surface area contributed by atoms with E-state index in [0.717, 1.165) is 5.57 Å². The molecule has 3 N–H and O–H groups in total. The molecule has 0 saturated carbocycles. The van der Waals surface area contributed by atoms with Crippen molar-refractivity contribution >= 4 is 39.3 Å². The van der Waals surface area contributed by atoms with Crippen LogP contribution >= 0.6 is 12.2 Å². The quantitative estimate of drug-likeness (QED) is 0.506. The maximum Gasteiger partial charge on any atom is 0.324 e. The summed E-state index contributed by atoms with van der Waals surface area (Å²) < 4.78 is 34.3. The fourth-order valence-electron chi connectivity index (χ4n) is 4.50. The molecule has 0 aromatic heterocycles. The normalized spacial score (nSPS) is 18.8. The molecular weight excluding hydrogens is 476 g/mol. The van der Waals surface area contributed by atoms with Crippen molar-refractivity contribution in [3.05, 3.63) is 34.4 Å². The number of imide groups is 1. The van der Waals surface area contributed by atoms with Gasteiger partial charge in [-0.3, -0.25) is 14.4 Å². The molecule has 3 amide bonds. The van der Waals surface area contributed by atoms with E-state index >= 15 is 0 Å². The second-order valence-electron chi connectivity index (χ2n) is 8.52. The molecule has 2 unspecified atom stereocenters. The molecule has 1 aromatic carbocycles. The first-order chi connectivity index (χ1) is 16.0. The summed E-state index contributed by atoms with van der Waals surface area (Å²) in [5.74, 6) is 0.151. The van der Waals surface area contributed by atoms with Gasteiger partial charge in [0.1, 0.15) is 5.75 Å². The lowest BCUT2D eigenvalue weighted by Crippen LogP contribution is -2.47. The van der Waals surface area contributed by atoms with E-state index in [9.17, 15) is 18.0 Å². The zero-order valence-electron chi connectivity index (χ0n) is 20.1. The molecule has 34 heavy (non-hydrogen) atoms. The van der Waals surface area contributed by atoms with Crippen LogP contribution in [-0.4, -0.2) is 56.6 Å². The Morgan fingerprint density at radius 1 is 1.29 bits per heavy atom. The average molecular weight is 509 g/mol. The van der Waals surface area contributed by atoms with E-state index in [2.05, 4.69) is 15.4 Å². The van der Waals surface area contributed by atoms with Crippen LogP contribution in [0.3, 0.4) is 0 Å². The molecule has 9 nitrogen and oxygen atoms in total. The van der Waals surface area contributed by atoms with Crippen molar-refractivity contribution in [3.63, 3.8) is 0 Å². The standard InChI is InChI=1S/C23H32N4O5S2/c1-6-15-10-19-18(11-20(15)34(30,31)26-22(33)24-5)17(8-9-32-19)14(4)25-23(29)27-12-13(3)16(7-2)21(27)28/h10-11,14,17H,6-9,12H2,1-5H3,(H,25,29)(H2,24,26,33). The summed E-state index contributed by atoms with van der Waals surface area (Å²) in [6.45, 7) is 8.21. The number of carbonyl (C=O) groups is 2. The summed E-state index contributed by atoms with van der Waals surface area (Å²) in [5, 5.41) is 5.56. The number of amides is 3. The van der Waals surface area contributed by atoms with Gasteiger partial charge in [0, 0.05) is 30.1 Å². The first-order valence-electron chi connectivity index (χ1n) is 11.4. The highest BCUT2D eigenvalue weighted by Gasteiger charge is 2.35. The topological polar surface area (TPSA) is 117 Å². The van der Waals surface area contributed by atoms with Gasteiger partial charge in [-0.05, 0) is 68.6 Å². The van der Waals surface area contributed by atoms with Gasteiger partial charge in [0.05, 0.1) is 18.0 Å². The largest absolute Gasteiger partial charge is 0.493 e. The van der Waals surface area contributed by atoms with E-state index in [1.54, 1.807) is 12.1 Å². The molecule has 2 aliphatic heterocycles. The first-order valence-corrected chi connectivity index (χ1v) is 13.3. The number of thiocarbonyl (C=S) groups is 1. The van der Waals surface area contributed by atoms with Gasteiger partial charge in [-0.1, -0.05) is 13.8 Å². The molecule has 0 spiro atoms. The highest BCUT2D eigenvalue weighted by Crippen LogP contribution is 2.39. The number of carbonyl (C=O) groups excluding carboxylic acids is 2. The fraction of sp³-hybridized carbons (Fsp3) is 0.522. The summed E-state index contributed by atoms with van der Waals surface area (Å²) in [7, 11) is -2.37. The number of sulfonamides is 1. The molecular formula is C23H32N4O5S2. The van der Waals surface area contributed by atoms with E-state index in [1.807, 2.05) is 27.7 Å². The number of fused-ring (bicyclic) bond motifs is 1. The van der Waals surface area contributed by atoms with Crippen LogP contribution in [0, 0.1) is 0 Å². The lowest BCUT2D eigenvalue weighted by Gasteiger charge is -2.32. The van der Waals surface area contributed by atoms with E-state index in [1.165, 1.54) is 11.9 Å². The molecule has 0 radical (unpaired) electrons. The van der Waals surface area contributed by atoms with Gasteiger partial charge in [-0.2, -0.15) is 0 Å². The number of hydrogen-bond donors (Lipinski definition) is 3. The predicted molar refractivity (Wildman–Crippen MR) is 133 cm³/mol. The predicted octanol–water partition coefficient (Wildman–Crippen LogP) is 2.56. The molecule has 0 bridgehead atoms. The smallest absolute Gasteiger partial charge is 0.324 e. The molecule has 2 heterocycles. The van der Waals surface area contributed by atoms with Crippen molar-refractivity contribution in [1.29, 1.82) is 0 Å². The summed E-state index contributed by atoms with van der Waals surface area (Å²) >= 11 is 4.99. The number of hydrogen-bond acceptors (Lipinski definition) is 6. The van der Waals surface area contributed by atoms with Crippen LogP contribution in [0.1, 0.15) is 57.6 Å². The van der Waals surface area contributed by atoms with Crippen molar-refractivity contribution in [2.45, 2.75) is 63.8 Å². The molecule has 11 heteroatoms. The maximum atomic E-state index is 13.0. The van der Waals surface area contributed by atoms with E-state index < -0.39 is 16.1 Å². The maximum absolute atomic E-state index is 13.0. The minimum absolute atomic E-state index is 0.00108. The second kappa shape index (κ2) is 10.3. The average Bonchev–Trinajstić information content (AvgIpc) is 3.10. The zero-order chi connectivity index (χ0) is 25.2. The summed E-state index contributed by atoms with van der Waals surface area (Å²) in [6.07, 6.45) is 1.66. The summed E-state index contributed by atoms with van der Waals surface area (Å²) in [6, 6.07) is 2.55. The Morgan fingerprint density at radius 2 is 2.00 bits per heavy atom. The molecule has 2 atom stereocenters. The third-order valence-electron chi connectivity index (χ3n) is 6.37. The van der Waals surface area contributed by atoms with Crippen molar-refractivity contribution in [1.82, 2.24) is 20.3 Å². The van der Waals surface area contributed by atoms with Crippen molar-refractivity contribution in [3.8, 4) is 5.75 Å². The number of aryl methyl sites for hydroxylation is 1. The molecule has 0 aliphatic carbocycles. The van der Waals surface area contributed by atoms with Crippen molar-refractivity contribution in [2.75, 3.05) is 20.2 Å². The molecule has 0 saturated heterocycles. The number of urea groups is 1. The lowest BCUT2D eigenvalue weighted by molar-refractivity contribution is -0.123. The summed E-state index contributed by atoms with van der Waals surface area (Å²) in [4.78, 5) is 26.9. The Morgan fingerprint density at radius 3 is 2.59 bits per heavy atom. The van der Waals surface area contributed by atoms with Gasteiger partial charge in [-0.15, -0.1) is 0 Å². The molecule has 0 fully saturated rings. The monoisotopic (exact) mass is 508 g/mol. The van der Waals surface area contributed by atoms with Gasteiger partial charge in [0.15, 0.2) is 5.11 Å². The van der Waals surface area contributed by atoms with Crippen LogP contribution in [0.5, 0.6) is 5.75 Å². The third kappa shape index (κ3) is 5.05. The van der Waals surface area contributed by atoms with Crippen LogP contribution < -0.4 is 20.1 Å². The van der Waals surface area contributed by atoms with E-state index in [-0.39, 0.29) is 34.4 Å². The molecule has 186 valence electrons. The Hall–Kier alpha value is -2.66. The van der Waals surface area contributed by atoms with Gasteiger partial charge in [0.2, 0.25) is 0 Å². The minimum atomic E-state index is -3.91. The Balaban J connectivity index is 1.88. The SMILES string of the molecule is CCC1=C(C)CN(C(=O)NC(C)C2CCOc3cc(CC)c(S(=O)(=O)NC(=S)NC)cc32)C1=O. The van der Waals surface area contributed by atoms with Crippen LogP contribution in [0.4, 0.5) is 4.79 Å². The number of benzene rings is 1. The van der Waals surface area contributed by atoms with Crippen LogP contribution in [0.15, 0.2) is 28.2 Å². The zero-order valence-corrected chi connectivity index (χ0v) is 21.8. The number of rotatable bonds is 6. The van der Waals surface area contributed by atoms with Gasteiger partial charge in [-0.25, -0.2) is 13.2 Å². The van der Waals surface area contributed by atoms with Crippen LogP contribution in [-0.2, 0) is 21.2 Å². The van der Waals surface area contributed by atoms with E-state index in [0.29, 0.717) is 48.3 Å². The van der Waals surface area contributed by atoms with Gasteiger partial charge in [0.25, 0.3) is 15.9 Å². The van der Waals surface area contributed by atoms with Crippen molar-refractivity contribution < 1.29 is 22.7 Å². The number of nitrogens with zero attached hydrogens (tertiary/aromatic N) is 1. The Bertz CT molecular complexity index is 1150. The first kappa shape index (κ1) is 26.0. The highest BCUT2D eigenvalue weighted by molar-refractivity contribution is 7.91. The molecule has 3 rings (SSSR count). The van der Waals surface area contributed by atoms with Crippen molar-refractivity contribution in [2.24, 2.45) is 0 Å². The van der Waals surface area contributed by atoms with Gasteiger partial charge < -0.3 is 15.4 Å². The fourth-order valence-corrected chi connectivity index (χ4v) is 6.11. The number of ether oxygens (including phenoxy) is 1. The lowest BCUT2D eigenvalue weighted by atomic mass is 9.86. The number of nitrogens with one attached hydrogen (secondary N) is 3. The Labute approximate surface area is 206 Å².